The van der Waals surface area contributed by atoms with Crippen LogP contribution in [0.1, 0.15) is 0 Å². The number of hydrogen-bond acceptors (Lipinski definition) is 7. The van der Waals surface area contributed by atoms with Crippen molar-refractivity contribution in [2.24, 2.45) is 7.05 Å². The van der Waals surface area contributed by atoms with Gasteiger partial charge in [-0.15, -0.1) is 4.68 Å². The van der Waals surface area contributed by atoms with E-state index in [1.807, 2.05) is 0 Å². The summed E-state index contributed by atoms with van der Waals surface area (Å²) >= 11 is 0. The largest absolute Gasteiger partial charge is 0.497 e. The Hall–Kier alpha value is -3.17. The summed E-state index contributed by atoms with van der Waals surface area (Å²) in [5, 5.41) is 25.3. The summed E-state index contributed by atoms with van der Waals surface area (Å²) in [5.74, 6) is -0.498. The number of nitro groups is 2. The van der Waals surface area contributed by atoms with E-state index < -0.39 is 21.4 Å². The lowest BCUT2D eigenvalue weighted by Gasteiger charge is -2.05. The van der Waals surface area contributed by atoms with E-state index in [0.29, 0.717) is 5.75 Å². The lowest BCUT2D eigenvalue weighted by Crippen LogP contribution is -1.97. The van der Waals surface area contributed by atoms with Crippen molar-refractivity contribution in [2.75, 3.05) is 7.11 Å². The van der Waals surface area contributed by atoms with Crippen LogP contribution in [-0.4, -0.2) is 26.7 Å². The van der Waals surface area contributed by atoms with Gasteiger partial charge >= 0.3 is 17.4 Å². The second-order valence-corrected chi connectivity index (χ2v) is 3.90. The summed E-state index contributed by atoms with van der Waals surface area (Å²) in [7, 11) is 2.77. The third kappa shape index (κ3) is 2.73. The van der Waals surface area contributed by atoms with Gasteiger partial charge in [-0.2, -0.15) is 0 Å². The van der Waals surface area contributed by atoms with E-state index in [4.69, 9.17) is 9.47 Å². The molecule has 0 saturated heterocycles. The van der Waals surface area contributed by atoms with Gasteiger partial charge in [0.1, 0.15) is 11.5 Å². The maximum atomic E-state index is 11.0. The van der Waals surface area contributed by atoms with Crippen molar-refractivity contribution >= 4 is 11.5 Å². The highest BCUT2D eigenvalue weighted by Crippen LogP contribution is 2.38. The van der Waals surface area contributed by atoms with E-state index in [-0.39, 0.29) is 11.6 Å². The molecule has 1 heterocycles. The van der Waals surface area contributed by atoms with Crippen molar-refractivity contribution in [3.8, 4) is 17.4 Å². The van der Waals surface area contributed by atoms with E-state index in [9.17, 15) is 20.2 Å². The molecule has 110 valence electrons. The Morgan fingerprint density at radius 2 is 1.86 bits per heavy atom. The molecule has 1 aromatic carbocycles. The molecule has 0 spiro atoms. The first-order chi connectivity index (χ1) is 9.93. The first-order valence-corrected chi connectivity index (χ1v) is 5.61. The number of rotatable bonds is 5. The van der Waals surface area contributed by atoms with Gasteiger partial charge in [-0.1, -0.05) is 6.07 Å². The van der Waals surface area contributed by atoms with E-state index in [1.54, 1.807) is 12.1 Å². The van der Waals surface area contributed by atoms with Gasteiger partial charge in [-0.3, -0.25) is 10.1 Å². The van der Waals surface area contributed by atoms with Crippen LogP contribution in [0.3, 0.4) is 0 Å². The predicted molar refractivity (Wildman–Crippen MR) is 69.6 cm³/mol. The Kier molecular flexibility index (Phi) is 3.69. The summed E-state index contributed by atoms with van der Waals surface area (Å²) in [6.45, 7) is 0. The Labute approximate surface area is 117 Å². The van der Waals surface area contributed by atoms with Crippen molar-refractivity contribution in [1.82, 2.24) is 9.78 Å². The molecular formula is C11H10N4O6. The minimum Gasteiger partial charge on any atom is -0.497 e. The van der Waals surface area contributed by atoms with E-state index in [2.05, 4.69) is 5.10 Å². The van der Waals surface area contributed by atoms with Crippen molar-refractivity contribution in [1.29, 1.82) is 0 Å². The quantitative estimate of drug-likeness (QED) is 0.610. The van der Waals surface area contributed by atoms with E-state index >= 15 is 0 Å². The molecule has 0 aliphatic heterocycles. The minimum absolute atomic E-state index is 0.232. The maximum Gasteiger partial charge on any atom is 0.472 e. The number of aromatic nitrogens is 2. The number of hydrogen-bond donors (Lipinski definition) is 0. The Morgan fingerprint density at radius 3 is 2.43 bits per heavy atom. The summed E-state index contributed by atoms with van der Waals surface area (Å²) in [4.78, 5) is 20.0. The van der Waals surface area contributed by atoms with Crippen LogP contribution in [0, 0.1) is 20.2 Å². The van der Waals surface area contributed by atoms with Crippen LogP contribution in [0.5, 0.6) is 17.4 Å². The monoisotopic (exact) mass is 294 g/mol. The van der Waals surface area contributed by atoms with Gasteiger partial charge in [0.15, 0.2) is 0 Å². The molecule has 10 nitrogen and oxygen atoms in total. The molecule has 0 bridgehead atoms. The second-order valence-electron chi connectivity index (χ2n) is 3.90. The number of methoxy groups -OCH3 is 1. The molecule has 0 aliphatic rings. The lowest BCUT2D eigenvalue weighted by atomic mass is 10.3. The van der Waals surface area contributed by atoms with Crippen LogP contribution in [-0.2, 0) is 7.05 Å². The van der Waals surface area contributed by atoms with Crippen LogP contribution < -0.4 is 9.47 Å². The zero-order valence-corrected chi connectivity index (χ0v) is 11.0. The fourth-order valence-electron chi connectivity index (χ4n) is 1.66. The Balaban J connectivity index is 2.48. The molecule has 2 rings (SSSR count). The molecule has 0 radical (unpaired) electrons. The zero-order valence-electron chi connectivity index (χ0n) is 11.0. The molecule has 10 heteroatoms. The summed E-state index contributed by atoms with van der Waals surface area (Å²) < 4.78 is 11.3. The van der Waals surface area contributed by atoms with Crippen LogP contribution in [0.15, 0.2) is 24.3 Å². The highest BCUT2D eigenvalue weighted by atomic mass is 16.6. The normalized spacial score (nSPS) is 10.2. The predicted octanol–water partition coefficient (Wildman–Crippen LogP) is 2.04. The molecule has 2 aromatic rings. The molecule has 0 unspecified atom stereocenters. The van der Waals surface area contributed by atoms with Crippen LogP contribution >= 0.6 is 0 Å². The van der Waals surface area contributed by atoms with Crippen molar-refractivity contribution in [3.63, 3.8) is 0 Å². The molecule has 0 saturated carbocycles. The first-order valence-electron chi connectivity index (χ1n) is 5.61. The van der Waals surface area contributed by atoms with Crippen LogP contribution in [0.4, 0.5) is 11.5 Å². The smallest absolute Gasteiger partial charge is 0.472 e. The Morgan fingerprint density at radius 1 is 1.19 bits per heavy atom. The average molecular weight is 294 g/mol. The van der Waals surface area contributed by atoms with Crippen LogP contribution in [0.25, 0.3) is 0 Å². The second kappa shape index (κ2) is 5.45. The zero-order chi connectivity index (χ0) is 15.6. The molecular weight excluding hydrogens is 284 g/mol. The maximum absolute atomic E-state index is 11.0. The lowest BCUT2D eigenvalue weighted by molar-refractivity contribution is -0.425. The summed E-state index contributed by atoms with van der Waals surface area (Å²) in [5.41, 5.74) is -0.801. The van der Waals surface area contributed by atoms with Gasteiger partial charge in [0.05, 0.1) is 24.2 Å². The average Bonchev–Trinajstić information content (AvgIpc) is 2.77. The van der Waals surface area contributed by atoms with Gasteiger partial charge in [0.2, 0.25) is 0 Å². The summed E-state index contributed by atoms with van der Waals surface area (Å²) in [6.07, 6.45) is 0. The number of ether oxygens (including phenoxy) is 2. The molecule has 0 aliphatic carbocycles. The summed E-state index contributed by atoms with van der Waals surface area (Å²) in [6, 6.07) is 6.30. The molecule has 1 aromatic heterocycles. The molecule has 21 heavy (non-hydrogen) atoms. The number of benzene rings is 1. The fourth-order valence-corrected chi connectivity index (χ4v) is 1.66. The first kappa shape index (κ1) is 14.2. The van der Waals surface area contributed by atoms with Crippen molar-refractivity contribution in [3.05, 3.63) is 44.5 Å². The topological polar surface area (TPSA) is 123 Å². The Bertz CT molecular complexity index is 711. The highest BCUT2D eigenvalue weighted by molar-refractivity contribution is 5.56. The fraction of sp³-hybridized carbons (Fsp3) is 0.182. The molecule has 0 amide bonds. The van der Waals surface area contributed by atoms with E-state index in [1.165, 1.54) is 26.3 Å². The van der Waals surface area contributed by atoms with Crippen molar-refractivity contribution < 1.29 is 19.3 Å². The minimum atomic E-state index is -0.934. The van der Waals surface area contributed by atoms with E-state index in [0.717, 1.165) is 4.68 Å². The molecule has 0 N–H and O–H groups in total. The van der Waals surface area contributed by atoms with Gasteiger partial charge in [0, 0.05) is 6.07 Å². The van der Waals surface area contributed by atoms with Gasteiger partial charge < -0.3 is 19.6 Å². The van der Waals surface area contributed by atoms with Crippen LogP contribution in [0.2, 0.25) is 0 Å². The highest BCUT2D eigenvalue weighted by Gasteiger charge is 2.38. The van der Waals surface area contributed by atoms with Gasteiger partial charge in [0.25, 0.3) is 0 Å². The third-order valence-electron chi connectivity index (χ3n) is 2.56. The number of aryl methyl sites for hydroxylation is 1. The molecule has 0 atom stereocenters. The molecule has 0 fully saturated rings. The standard InChI is InChI=1S/C11H10N4O6/c1-13-11(9(14(16)17)10(12-13)15(18)19)21-8-5-3-4-7(6-8)20-2/h3-6H,1-2H3. The van der Waals surface area contributed by atoms with Gasteiger partial charge in [-0.05, 0) is 17.1 Å². The SMILES string of the molecule is COc1cccc(Oc2c([N+](=O)[O-])c([N+](=O)[O-])nn2C)c1. The van der Waals surface area contributed by atoms with Gasteiger partial charge in [-0.25, -0.2) is 0 Å². The third-order valence-corrected chi connectivity index (χ3v) is 2.56. The van der Waals surface area contributed by atoms with Crippen molar-refractivity contribution in [2.45, 2.75) is 0 Å². The number of nitrogens with zero attached hydrogens (tertiary/aromatic N) is 4.